The van der Waals surface area contributed by atoms with Gasteiger partial charge in [-0.3, -0.25) is 4.79 Å². The number of nitrogens with one attached hydrogen (secondary N) is 1. The summed E-state index contributed by atoms with van der Waals surface area (Å²) in [6.07, 6.45) is 0.0991. The summed E-state index contributed by atoms with van der Waals surface area (Å²) in [6.45, 7) is 2.36. The molecule has 1 heterocycles. The number of thiophene rings is 1. The molecule has 0 aromatic carbocycles. The maximum Gasteiger partial charge on any atom is 0.223 e. The van der Waals surface area contributed by atoms with Crippen LogP contribution in [0.4, 0.5) is 0 Å². The summed E-state index contributed by atoms with van der Waals surface area (Å²) in [5, 5.41) is 14.1. The van der Waals surface area contributed by atoms with Crippen molar-refractivity contribution < 1.29 is 14.6 Å². The van der Waals surface area contributed by atoms with E-state index >= 15 is 0 Å². The van der Waals surface area contributed by atoms with Crippen LogP contribution >= 0.6 is 11.3 Å². The van der Waals surface area contributed by atoms with Crippen molar-refractivity contribution in [3.8, 4) is 0 Å². The fraction of sp³-hybridized carbons (Fsp3) is 0.583. The number of aliphatic hydroxyl groups excluding tert-OH is 1. The highest BCUT2D eigenvalue weighted by Gasteiger charge is 2.15. The van der Waals surface area contributed by atoms with E-state index in [0.29, 0.717) is 0 Å². The van der Waals surface area contributed by atoms with Crippen LogP contribution in [0, 0.1) is 5.92 Å². The monoisotopic (exact) mass is 257 g/mol. The van der Waals surface area contributed by atoms with E-state index in [0.717, 1.165) is 6.42 Å². The van der Waals surface area contributed by atoms with E-state index in [-0.39, 0.29) is 25.0 Å². The molecule has 0 saturated carbocycles. The fourth-order valence-electron chi connectivity index (χ4n) is 1.47. The molecule has 0 bridgehead atoms. The third-order valence-electron chi connectivity index (χ3n) is 2.41. The molecule has 0 fully saturated rings. The largest absolute Gasteiger partial charge is 0.389 e. The highest BCUT2D eigenvalue weighted by molar-refractivity contribution is 7.09. The molecule has 5 heteroatoms. The minimum Gasteiger partial charge on any atom is -0.389 e. The average molecular weight is 257 g/mol. The van der Waals surface area contributed by atoms with E-state index < -0.39 is 6.10 Å². The molecule has 2 atom stereocenters. The summed E-state index contributed by atoms with van der Waals surface area (Å²) in [6, 6.07) is 4.00. The third kappa shape index (κ3) is 5.30. The zero-order valence-electron chi connectivity index (χ0n) is 10.2. The normalized spacial score (nSPS) is 14.3. The van der Waals surface area contributed by atoms with Gasteiger partial charge in [0.25, 0.3) is 0 Å². The van der Waals surface area contributed by atoms with Crippen molar-refractivity contribution >= 4 is 17.2 Å². The molecule has 2 N–H and O–H groups in total. The zero-order chi connectivity index (χ0) is 12.7. The standard InChI is InChI=1S/C12H19NO3S/c1-9(6-11-4-3-5-17-11)12(15)13-7-10(14)8-16-2/h3-5,9-10,14H,6-8H2,1-2H3,(H,13,15). The summed E-state index contributed by atoms with van der Waals surface area (Å²) in [4.78, 5) is 12.9. The van der Waals surface area contributed by atoms with E-state index in [2.05, 4.69) is 5.32 Å². The van der Waals surface area contributed by atoms with Gasteiger partial charge < -0.3 is 15.2 Å². The maximum atomic E-state index is 11.7. The van der Waals surface area contributed by atoms with Gasteiger partial charge >= 0.3 is 0 Å². The Bertz CT molecular complexity index is 327. The molecule has 1 amide bonds. The van der Waals surface area contributed by atoms with Gasteiger partial charge in [-0.05, 0) is 17.9 Å². The molecule has 0 aliphatic rings. The van der Waals surface area contributed by atoms with Crippen LogP contribution in [0.25, 0.3) is 0 Å². The summed E-state index contributed by atoms with van der Waals surface area (Å²) in [7, 11) is 1.52. The van der Waals surface area contributed by atoms with Crippen LogP contribution in [0.1, 0.15) is 11.8 Å². The van der Waals surface area contributed by atoms with Gasteiger partial charge in [-0.1, -0.05) is 13.0 Å². The van der Waals surface area contributed by atoms with Gasteiger partial charge in [0.1, 0.15) is 0 Å². The van der Waals surface area contributed by atoms with Gasteiger partial charge in [0.05, 0.1) is 12.7 Å². The van der Waals surface area contributed by atoms with Gasteiger partial charge in [-0.25, -0.2) is 0 Å². The van der Waals surface area contributed by atoms with Gasteiger partial charge in [0.15, 0.2) is 0 Å². The van der Waals surface area contributed by atoms with Crippen molar-refractivity contribution in [1.82, 2.24) is 5.32 Å². The van der Waals surface area contributed by atoms with E-state index in [1.165, 1.54) is 12.0 Å². The Morgan fingerprint density at radius 3 is 3.00 bits per heavy atom. The second-order valence-electron chi connectivity index (χ2n) is 4.04. The Labute approximate surface area is 106 Å². The average Bonchev–Trinajstić information content (AvgIpc) is 2.79. The maximum absolute atomic E-state index is 11.7. The number of rotatable bonds is 7. The van der Waals surface area contributed by atoms with E-state index in [1.54, 1.807) is 11.3 Å². The Morgan fingerprint density at radius 1 is 1.65 bits per heavy atom. The Morgan fingerprint density at radius 2 is 2.41 bits per heavy atom. The Hall–Kier alpha value is -0.910. The van der Waals surface area contributed by atoms with Gasteiger partial charge in [-0.15, -0.1) is 11.3 Å². The lowest BCUT2D eigenvalue weighted by Crippen LogP contribution is -2.37. The number of amides is 1. The first-order valence-electron chi connectivity index (χ1n) is 5.60. The highest BCUT2D eigenvalue weighted by Crippen LogP contribution is 2.14. The topological polar surface area (TPSA) is 58.6 Å². The van der Waals surface area contributed by atoms with Crippen molar-refractivity contribution in [2.75, 3.05) is 20.3 Å². The second-order valence-corrected chi connectivity index (χ2v) is 5.07. The van der Waals surface area contributed by atoms with Crippen molar-refractivity contribution in [1.29, 1.82) is 0 Å². The van der Waals surface area contributed by atoms with Crippen molar-refractivity contribution in [2.24, 2.45) is 5.92 Å². The van der Waals surface area contributed by atoms with Crippen LogP contribution in [0.5, 0.6) is 0 Å². The quantitative estimate of drug-likeness (QED) is 0.767. The first-order valence-corrected chi connectivity index (χ1v) is 6.48. The van der Waals surface area contributed by atoms with Crippen molar-refractivity contribution in [3.05, 3.63) is 22.4 Å². The smallest absolute Gasteiger partial charge is 0.223 e. The molecule has 17 heavy (non-hydrogen) atoms. The number of methoxy groups -OCH3 is 1. The summed E-state index contributed by atoms with van der Waals surface area (Å²) in [5.74, 6) is -0.114. The molecular weight excluding hydrogens is 238 g/mol. The van der Waals surface area contributed by atoms with E-state index in [1.807, 2.05) is 24.4 Å². The van der Waals surface area contributed by atoms with Crippen LogP contribution in [0.3, 0.4) is 0 Å². The van der Waals surface area contributed by atoms with Gasteiger partial charge in [0.2, 0.25) is 5.91 Å². The lowest BCUT2D eigenvalue weighted by Gasteiger charge is -2.14. The molecule has 0 spiro atoms. The predicted octanol–water partition coefficient (Wildman–Crippen LogP) is 1.05. The first-order chi connectivity index (χ1) is 8.13. The predicted molar refractivity (Wildman–Crippen MR) is 68.1 cm³/mol. The molecular formula is C12H19NO3S. The summed E-state index contributed by atoms with van der Waals surface area (Å²) in [5.41, 5.74) is 0. The van der Waals surface area contributed by atoms with Crippen LogP contribution < -0.4 is 5.32 Å². The third-order valence-corrected chi connectivity index (χ3v) is 3.30. The molecule has 1 aromatic rings. The van der Waals surface area contributed by atoms with Gasteiger partial charge in [0, 0.05) is 24.4 Å². The van der Waals surface area contributed by atoms with Crippen LogP contribution in [0.2, 0.25) is 0 Å². The molecule has 0 aliphatic carbocycles. The Balaban J connectivity index is 2.27. The number of hydrogen-bond donors (Lipinski definition) is 2. The Kier molecular flexibility index (Phi) is 6.18. The van der Waals surface area contributed by atoms with E-state index in [4.69, 9.17) is 4.74 Å². The zero-order valence-corrected chi connectivity index (χ0v) is 11.0. The molecule has 0 aliphatic heterocycles. The molecule has 0 radical (unpaired) electrons. The fourth-order valence-corrected chi connectivity index (χ4v) is 2.30. The first kappa shape index (κ1) is 14.2. The lowest BCUT2D eigenvalue weighted by molar-refractivity contribution is -0.125. The number of hydrogen-bond acceptors (Lipinski definition) is 4. The highest BCUT2D eigenvalue weighted by atomic mass is 32.1. The minimum absolute atomic E-state index is 0.0337. The number of carbonyl (C=O) groups excluding carboxylic acids is 1. The molecule has 0 saturated heterocycles. The number of aliphatic hydroxyl groups is 1. The SMILES string of the molecule is COCC(O)CNC(=O)C(C)Cc1cccs1. The molecule has 2 unspecified atom stereocenters. The lowest BCUT2D eigenvalue weighted by atomic mass is 10.1. The van der Waals surface area contributed by atoms with Gasteiger partial charge in [-0.2, -0.15) is 0 Å². The minimum atomic E-state index is -0.641. The van der Waals surface area contributed by atoms with E-state index in [9.17, 15) is 9.90 Å². The molecule has 96 valence electrons. The molecule has 4 nitrogen and oxygen atoms in total. The van der Waals surface area contributed by atoms with Crippen LogP contribution in [-0.4, -0.2) is 37.4 Å². The summed E-state index contributed by atoms with van der Waals surface area (Å²) < 4.78 is 4.78. The van der Waals surface area contributed by atoms with Crippen molar-refractivity contribution in [3.63, 3.8) is 0 Å². The number of carbonyl (C=O) groups is 1. The summed E-state index contributed by atoms with van der Waals surface area (Å²) >= 11 is 1.65. The van der Waals surface area contributed by atoms with Crippen LogP contribution in [0.15, 0.2) is 17.5 Å². The number of ether oxygens (including phenoxy) is 1. The molecule has 1 rings (SSSR count). The second kappa shape index (κ2) is 7.42. The van der Waals surface area contributed by atoms with Crippen molar-refractivity contribution in [2.45, 2.75) is 19.4 Å². The van der Waals surface area contributed by atoms with Crippen LogP contribution in [-0.2, 0) is 16.0 Å². The molecule has 1 aromatic heterocycles.